The van der Waals surface area contributed by atoms with Crippen molar-refractivity contribution >= 4 is 43.8 Å². The van der Waals surface area contributed by atoms with Crippen molar-refractivity contribution in [2.24, 2.45) is 0 Å². The number of fused-ring (bicyclic) bond motifs is 3. The molecular formula is C20H14N6OS. The van der Waals surface area contributed by atoms with Gasteiger partial charge in [-0.25, -0.2) is 29.9 Å². The van der Waals surface area contributed by atoms with Crippen molar-refractivity contribution in [1.29, 1.82) is 0 Å². The van der Waals surface area contributed by atoms with E-state index >= 15 is 0 Å². The molecule has 0 aliphatic heterocycles. The lowest BCUT2D eigenvalue weighted by atomic mass is 10.3. The van der Waals surface area contributed by atoms with E-state index in [1.54, 1.807) is 29.9 Å². The summed E-state index contributed by atoms with van der Waals surface area (Å²) in [6, 6.07) is 15.8. The van der Waals surface area contributed by atoms with Gasteiger partial charge >= 0.3 is 0 Å². The van der Waals surface area contributed by atoms with Gasteiger partial charge in [0.15, 0.2) is 17.6 Å². The maximum absolute atomic E-state index is 5.01. The lowest BCUT2D eigenvalue weighted by Gasteiger charge is -1.89. The summed E-state index contributed by atoms with van der Waals surface area (Å²) >= 11 is 1.68. The fourth-order valence-corrected chi connectivity index (χ4v) is 3.01. The van der Waals surface area contributed by atoms with Gasteiger partial charge in [-0.05, 0) is 24.3 Å². The quantitative estimate of drug-likeness (QED) is 0.378. The minimum Gasteiger partial charge on any atom is -0.443 e. The average molecular weight is 386 g/mol. The molecule has 0 bridgehead atoms. The van der Waals surface area contributed by atoms with Crippen LogP contribution in [0.2, 0.25) is 0 Å². The van der Waals surface area contributed by atoms with Gasteiger partial charge in [-0.2, -0.15) is 0 Å². The highest BCUT2D eigenvalue weighted by atomic mass is 32.1. The molecule has 0 atom stereocenters. The van der Waals surface area contributed by atoms with Crippen molar-refractivity contribution in [3.63, 3.8) is 0 Å². The van der Waals surface area contributed by atoms with Crippen LogP contribution in [-0.2, 0) is 0 Å². The van der Waals surface area contributed by atoms with E-state index in [1.807, 2.05) is 48.0 Å². The molecule has 0 saturated carbocycles. The second kappa shape index (κ2) is 8.74. The van der Waals surface area contributed by atoms with Crippen LogP contribution in [0.3, 0.4) is 0 Å². The number of hydrogen-bond donors (Lipinski definition) is 0. The van der Waals surface area contributed by atoms with Crippen molar-refractivity contribution < 1.29 is 4.42 Å². The third kappa shape index (κ3) is 4.30. The Bertz CT molecular complexity index is 1110. The van der Waals surface area contributed by atoms with Gasteiger partial charge in [0, 0.05) is 12.4 Å². The van der Waals surface area contributed by atoms with Gasteiger partial charge in [0.2, 0.25) is 0 Å². The fourth-order valence-electron chi connectivity index (χ4n) is 2.33. The third-order valence-corrected chi connectivity index (χ3v) is 4.43. The molecule has 8 heteroatoms. The normalized spacial score (nSPS) is 10.1. The topological polar surface area (TPSA) is 90.5 Å². The summed E-state index contributed by atoms with van der Waals surface area (Å²) in [7, 11) is 0. The maximum atomic E-state index is 5.01. The van der Waals surface area contributed by atoms with Gasteiger partial charge in [0.25, 0.3) is 0 Å². The summed E-state index contributed by atoms with van der Waals surface area (Å²) in [6.07, 6.45) is 7.76. The lowest BCUT2D eigenvalue weighted by Crippen LogP contribution is -1.85. The second-order valence-corrected chi connectivity index (χ2v) is 6.31. The molecular weight excluding hydrogens is 372 g/mol. The molecule has 136 valence electrons. The molecule has 0 fully saturated rings. The smallest absolute Gasteiger partial charge is 0.181 e. The van der Waals surface area contributed by atoms with E-state index in [2.05, 4.69) is 36.0 Å². The molecule has 0 N–H and O–H groups in total. The first-order valence-electron chi connectivity index (χ1n) is 8.33. The highest BCUT2D eigenvalue weighted by molar-refractivity contribution is 7.16. The molecule has 4 heterocycles. The van der Waals surface area contributed by atoms with Crippen molar-refractivity contribution in [3.8, 4) is 0 Å². The minimum atomic E-state index is 0.637. The van der Waals surface area contributed by atoms with Gasteiger partial charge in [0.05, 0.1) is 21.9 Å². The Kier molecular flexibility index (Phi) is 5.50. The number of rotatable bonds is 0. The van der Waals surface area contributed by atoms with Gasteiger partial charge in [-0.15, -0.1) is 11.3 Å². The van der Waals surface area contributed by atoms with Crippen LogP contribution in [0.1, 0.15) is 0 Å². The molecule has 0 spiro atoms. The number of nitrogens with zero attached hydrogens (tertiary/aromatic N) is 6. The van der Waals surface area contributed by atoms with Crippen LogP contribution < -0.4 is 0 Å². The van der Waals surface area contributed by atoms with Crippen LogP contribution in [0.5, 0.6) is 0 Å². The first-order chi connectivity index (χ1) is 13.9. The van der Waals surface area contributed by atoms with E-state index in [9.17, 15) is 0 Å². The summed E-state index contributed by atoms with van der Waals surface area (Å²) in [5.74, 6) is 0. The number of thiazole rings is 1. The SMILES string of the molecule is c1ccc2ocnc2c1.c1ccc2scnc2c1.c1cnc2ncncc2n1. The Labute approximate surface area is 163 Å². The molecule has 0 amide bonds. The molecule has 0 unspecified atom stereocenters. The van der Waals surface area contributed by atoms with Gasteiger partial charge in [0.1, 0.15) is 17.4 Å². The maximum Gasteiger partial charge on any atom is 0.181 e. The third-order valence-electron chi connectivity index (χ3n) is 3.62. The first-order valence-corrected chi connectivity index (χ1v) is 9.21. The van der Waals surface area contributed by atoms with Crippen LogP contribution >= 0.6 is 11.3 Å². The van der Waals surface area contributed by atoms with Crippen LogP contribution in [-0.4, -0.2) is 29.9 Å². The molecule has 0 radical (unpaired) electrons. The first kappa shape index (κ1) is 17.6. The summed E-state index contributed by atoms with van der Waals surface area (Å²) in [4.78, 5) is 23.7. The predicted octanol–water partition coefficient (Wildman–Crippen LogP) is 4.54. The zero-order valence-electron chi connectivity index (χ0n) is 14.6. The Morgan fingerprint density at radius 2 is 1.54 bits per heavy atom. The van der Waals surface area contributed by atoms with Crippen molar-refractivity contribution in [2.45, 2.75) is 0 Å². The zero-order chi connectivity index (χ0) is 19.0. The summed E-state index contributed by atoms with van der Waals surface area (Å²) in [6.45, 7) is 0. The highest BCUT2D eigenvalue weighted by Crippen LogP contribution is 2.15. The van der Waals surface area contributed by atoms with E-state index in [0.29, 0.717) is 5.65 Å². The molecule has 0 saturated heterocycles. The molecule has 0 aliphatic carbocycles. The minimum absolute atomic E-state index is 0.637. The van der Waals surface area contributed by atoms with Gasteiger partial charge in [-0.3, -0.25) is 0 Å². The van der Waals surface area contributed by atoms with E-state index in [-0.39, 0.29) is 0 Å². The van der Waals surface area contributed by atoms with E-state index in [0.717, 1.165) is 22.1 Å². The van der Waals surface area contributed by atoms with Gasteiger partial charge in [-0.1, -0.05) is 24.3 Å². The lowest BCUT2D eigenvalue weighted by molar-refractivity contribution is 0.602. The summed E-state index contributed by atoms with van der Waals surface area (Å²) < 4.78 is 6.27. The Morgan fingerprint density at radius 3 is 2.39 bits per heavy atom. The van der Waals surface area contributed by atoms with E-state index in [4.69, 9.17) is 4.42 Å². The van der Waals surface area contributed by atoms with Crippen LogP contribution in [0, 0.1) is 0 Å². The number of hydrogen-bond acceptors (Lipinski definition) is 8. The number of aromatic nitrogens is 6. The molecule has 6 rings (SSSR count). The number of para-hydroxylation sites is 3. The Morgan fingerprint density at radius 1 is 0.714 bits per heavy atom. The number of oxazole rings is 1. The van der Waals surface area contributed by atoms with Crippen LogP contribution in [0.4, 0.5) is 0 Å². The zero-order valence-corrected chi connectivity index (χ0v) is 15.4. The average Bonchev–Trinajstić information content (AvgIpc) is 3.44. The Hall–Kier alpha value is -3.78. The summed E-state index contributed by atoms with van der Waals surface area (Å²) in [5, 5.41) is 0. The van der Waals surface area contributed by atoms with Crippen LogP contribution in [0.15, 0.2) is 89.8 Å². The second-order valence-electron chi connectivity index (χ2n) is 5.43. The van der Waals surface area contributed by atoms with E-state index < -0.39 is 0 Å². The van der Waals surface area contributed by atoms with Gasteiger partial charge < -0.3 is 4.42 Å². The Balaban J connectivity index is 0.000000103. The molecule has 6 aromatic rings. The molecule has 0 aliphatic rings. The number of benzene rings is 2. The van der Waals surface area contributed by atoms with E-state index in [1.165, 1.54) is 17.4 Å². The van der Waals surface area contributed by atoms with Crippen LogP contribution in [0.25, 0.3) is 32.5 Å². The van der Waals surface area contributed by atoms with Crippen molar-refractivity contribution in [2.75, 3.05) is 0 Å². The molecule has 4 aromatic heterocycles. The van der Waals surface area contributed by atoms with Crippen molar-refractivity contribution in [1.82, 2.24) is 29.9 Å². The fraction of sp³-hybridized carbons (Fsp3) is 0. The molecule has 28 heavy (non-hydrogen) atoms. The molecule has 2 aromatic carbocycles. The highest BCUT2D eigenvalue weighted by Gasteiger charge is 1.92. The molecule has 7 nitrogen and oxygen atoms in total. The predicted molar refractivity (Wildman–Crippen MR) is 109 cm³/mol. The standard InChI is InChI=1S/C7H5NO.C7H5NS.C6H4N4/c2*1-2-4-7-6(3-1)8-5-9-7;1-2-9-6-5(8-1)3-7-4-10-6/h2*1-5H;1-4H. The van der Waals surface area contributed by atoms with Crippen molar-refractivity contribution in [3.05, 3.63) is 85.4 Å². The largest absolute Gasteiger partial charge is 0.443 e. The summed E-state index contributed by atoms with van der Waals surface area (Å²) in [5.41, 5.74) is 6.09. The monoisotopic (exact) mass is 386 g/mol.